The van der Waals surface area contributed by atoms with Gasteiger partial charge in [-0.2, -0.15) is 0 Å². The van der Waals surface area contributed by atoms with Crippen molar-refractivity contribution in [2.75, 3.05) is 99.1 Å². The minimum absolute atomic E-state index is 0. The SMILES string of the molecule is C.C.CCC(Cc1ccccc1)(C(=O)c1ccc(F)cc1)N(C)C.CCC(Cc1ccccc1)(C(=O)c1ccc(N(C)CCO)cc1)N(C)C.CCC(Cc1ccccc1)(C(=O)c1ccc(N(C)CCOC(=O)CCCCCO)cc1)N(C)C. The van der Waals surface area contributed by atoms with E-state index in [0.717, 1.165) is 52.9 Å². The van der Waals surface area contributed by atoms with Crippen LogP contribution in [0.1, 0.15) is 128 Å². The zero-order valence-corrected chi connectivity index (χ0v) is 50.7. The maximum atomic E-state index is 13.7. The second-order valence-electron chi connectivity index (χ2n) is 21.7. The third kappa shape index (κ3) is 20.4. The van der Waals surface area contributed by atoms with Crippen molar-refractivity contribution in [3.8, 4) is 0 Å². The molecule has 0 amide bonds. The number of benzene rings is 6. The highest BCUT2D eigenvalue weighted by atomic mass is 19.1. The summed E-state index contributed by atoms with van der Waals surface area (Å²) < 4.78 is 18.4. The molecular weight excluding hydrogens is 1050 g/mol. The van der Waals surface area contributed by atoms with Crippen LogP contribution in [0.25, 0.3) is 0 Å². The number of aliphatic hydroxyl groups excluding tert-OH is 2. The van der Waals surface area contributed by atoms with Crippen molar-refractivity contribution in [1.29, 1.82) is 0 Å². The van der Waals surface area contributed by atoms with Crippen LogP contribution in [-0.4, -0.2) is 154 Å². The number of ether oxygens (including phenoxy) is 1. The maximum Gasteiger partial charge on any atom is 0.305 e. The van der Waals surface area contributed by atoms with Crippen LogP contribution in [0.5, 0.6) is 0 Å². The zero-order valence-electron chi connectivity index (χ0n) is 50.7. The molecule has 0 aliphatic rings. The topological polar surface area (TPSA) is 134 Å². The van der Waals surface area contributed by atoms with Gasteiger partial charge in [0.15, 0.2) is 17.3 Å². The van der Waals surface area contributed by atoms with E-state index in [1.54, 1.807) is 12.1 Å². The lowest BCUT2D eigenvalue weighted by Crippen LogP contribution is -2.52. The first kappa shape index (κ1) is 73.2. The van der Waals surface area contributed by atoms with Gasteiger partial charge in [0.05, 0.1) is 29.8 Å². The molecule has 2 N–H and O–H groups in total. The number of ketones is 3. The average Bonchev–Trinajstić information content (AvgIpc) is 3.69. The van der Waals surface area contributed by atoms with Gasteiger partial charge in [-0.1, -0.05) is 133 Å². The normalized spacial score (nSPS) is 13.0. The number of nitrogens with zero attached hydrogens (tertiary/aromatic N) is 5. The second-order valence-corrected chi connectivity index (χ2v) is 21.7. The van der Waals surface area contributed by atoms with Crippen LogP contribution in [0.4, 0.5) is 15.8 Å². The van der Waals surface area contributed by atoms with Gasteiger partial charge in [-0.15, -0.1) is 0 Å². The van der Waals surface area contributed by atoms with Gasteiger partial charge in [0.2, 0.25) is 0 Å². The Kier molecular flexibility index (Phi) is 32.0. The standard InChI is InChI=1S/C28H40N2O4.C22H30N2O2.C19H22FNO.2CH4/c1-5-28(29(2)3,22-23-12-8-6-9-13-23)27(33)24-15-17-25(18-16-24)30(4)19-21-34-26(32)14-10-7-11-20-31;1-5-22(23(2)3,17-18-9-7-6-8-10-18)21(26)19-11-13-20(14-12-19)24(4)15-16-25;1-4-19(21(2)3,14-15-8-6-5-7-9-15)18(22)16-10-12-17(20)13-11-16;;/h6,8-9,12-13,15-18,31H,5,7,10-11,14,19-22H2,1-4H3;6-14,25H,5,15-17H2,1-4H3;5-13H,4,14H2,1-3H3;2*1H4. The van der Waals surface area contributed by atoms with E-state index < -0.39 is 16.6 Å². The lowest BCUT2D eigenvalue weighted by molar-refractivity contribution is -0.143. The molecule has 3 atom stereocenters. The molecule has 6 aromatic rings. The molecule has 0 heterocycles. The van der Waals surface area contributed by atoms with Crippen molar-refractivity contribution >= 4 is 34.7 Å². The number of carbonyl (C=O) groups excluding carboxylic acids is 4. The Morgan fingerprint density at radius 1 is 0.429 bits per heavy atom. The van der Waals surface area contributed by atoms with Crippen LogP contribution in [0, 0.1) is 5.82 Å². The molecule has 0 aromatic heterocycles. The Labute approximate surface area is 504 Å². The second kappa shape index (κ2) is 36.8. The highest BCUT2D eigenvalue weighted by Crippen LogP contribution is 2.32. The third-order valence-corrected chi connectivity index (χ3v) is 16.0. The smallest absolute Gasteiger partial charge is 0.305 e. The molecule has 0 spiro atoms. The van der Waals surface area contributed by atoms with Gasteiger partial charge in [0.1, 0.15) is 12.4 Å². The lowest BCUT2D eigenvalue weighted by atomic mass is 9.80. The minimum atomic E-state index is -0.626. The summed E-state index contributed by atoms with van der Waals surface area (Å²) in [4.78, 5) is 62.1. The summed E-state index contributed by atoms with van der Waals surface area (Å²) in [5, 5.41) is 17.9. The molecule has 84 heavy (non-hydrogen) atoms. The first-order chi connectivity index (χ1) is 39.3. The molecular formula is C71H100FN5O7. The van der Waals surface area contributed by atoms with E-state index in [1.807, 2.05) is 203 Å². The van der Waals surface area contributed by atoms with E-state index in [1.165, 1.54) is 12.1 Å². The largest absolute Gasteiger partial charge is 0.464 e. The quantitative estimate of drug-likeness (QED) is 0.0253. The molecule has 0 aliphatic heterocycles. The number of Topliss-reactive ketones (excluding diaryl/α,β-unsaturated/α-hetero) is 3. The molecule has 12 nitrogen and oxygen atoms in total. The van der Waals surface area contributed by atoms with E-state index in [0.29, 0.717) is 75.8 Å². The van der Waals surface area contributed by atoms with Gasteiger partial charge in [0, 0.05) is 61.7 Å². The molecule has 0 bridgehead atoms. The van der Waals surface area contributed by atoms with Crippen molar-refractivity contribution in [2.24, 2.45) is 0 Å². The number of carbonyl (C=O) groups is 4. The van der Waals surface area contributed by atoms with Crippen molar-refractivity contribution in [3.05, 3.63) is 203 Å². The fourth-order valence-corrected chi connectivity index (χ4v) is 10.4. The number of hydrogen-bond donors (Lipinski definition) is 2. The predicted octanol–water partition coefficient (Wildman–Crippen LogP) is 12.8. The Hall–Kier alpha value is -6.87. The number of hydrogen-bond acceptors (Lipinski definition) is 12. The van der Waals surface area contributed by atoms with Gasteiger partial charge >= 0.3 is 5.97 Å². The molecule has 458 valence electrons. The molecule has 0 fully saturated rings. The van der Waals surface area contributed by atoms with Gasteiger partial charge in [0.25, 0.3) is 0 Å². The fourth-order valence-electron chi connectivity index (χ4n) is 10.4. The number of esters is 1. The van der Waals surface area contributed by atoms with Gasteiger partial charge < -0.3 is 24.7 Å². The summed E-state index contributed by atoms with van der Waals surface area (Å²) in [5.41, 5.74) is 5.54. The summed E-state index contributed by atoms with van der Waals surface area (Å²) in [6.07, 6.45) is 6.77. The monoisotopic (exact) mass is 1150 g/mol. The predicted molar refractivity (Wildman–Crippen MR) is 346 cm³/mol. The van der Waals surface area contributed by atoms with Crippen LogP contribution >= 0.6 is 0 Å². The fraction of sp³-hybridized carbons (Fsp3) is 0.437. The van der Waals surface area contributed by atoms with Crippen LogP contribution in [0.3, 0.4) is 0 Å². The summed E-state index contributed by atoms with van der Waals surface area (Å²) in [6.45, 7) is 7.87. The van der Waals surface area contributed by atoms with Crippen molar-refractivity contribution in [2.45, 2.75) is 116 Å². The molecule has 3 unspecified atom stereocenters. The van der Waals surface area contributed by atoms with Crippen LogP contribution < -0.4 is 9.80 Å². The molecule has 0 saturated heterocycles. The zero-order chi connectivity index (χ0) is 60.3. The number of rotatable bonds is 30. The Bertz CT molecular complexity index is 2820. The molecule has 13 heteroatoms. The van der Waals surface area contributed by atoms with Gasteiger partial charge in [-0.05, 0) is 183 Å². The average molecular weight is 1150 g/mol. The molecule has 0 radical (unpaired) electrons. The summed E-state index contributed by atoms with van der Waals surface area (Å²) >= 11 is 0. The van der Waals surface area contributed by atoms with Crippen molar-refractivity contribution in [1.82, 2.24) is 14.7 Å². The number of likely N-dealkylation sites (N-methyl/N-ethyl adjacent to an activating group) is 5. The first-order valence-electron chi connectivity index (χ1n) is 28.8. The number of anilines is 2. The van der Waals surface area contributed by atoms with Gasteiger partial charge in [-0.3, -0.25) is 33.9 Å². The van der Waals surface area contributed by atoms with Crippen LogP contribution in [0.15, 0.2) is 164 Å². The van der Waals surface area contributed by atoms with Gasteiger partial charge in [-0.25, -0.2) is 4.39 Å². The summed E-state index contributed by atoms with van der Waals surface area (Å²) in [7, 11) is 15.6. The number of aliphatic hydroxyl groups is 2. The molecule has 6 rings (SSSR count). The van der Waals surface area contributed by atoms with E-state index in [2.05, 4.69) is 38.1 Å². The van der Waals surface area contributed by atoms with Crippen molar-refractivity contribution in [3.63, 3.8) is 0 Å². The summed E-state index contributed by atoms with van der Waals surface area (Å²) in [6, 6.07) is 51.5. The Balaban J connectivity index is 0.000000435. The molecule has 0 aliphatic carbocycles. The molecule has 0 saturated carbocycles. The van der Waals surface area contributed by atoms with Crippen LogP contribution in [-0.2, 0) is 28.8 Å². The highest BCUT2D eigenvalue weighted by Gasteiger charge is 2.42. The highest BCUT2D eigenvalue weighted by molar-refractivity contribution is 6.05. The molecule has 6 aromatic carbocycles. The minimum Gasteiger partial charge on any atom is -0.464 e. The number of halogens is 1. The summed E-state index contributed by atoms with van der Waals surface area (Å²) in [5.74, 6) is -0.237. The third-order valence-electron chi connectivity index (χ3n) is 16.0. The van der Waals surface area contributed by atoms with Crippen molar-refractivity contribution < 1.29 is 38.5 Å². The van der Waals surface area contributed by atoms with E-state index in [-0.39, 0.29) is 57.2 Å². The number of unbranched alkanes of at least 4 members (excludes halogenated alkanes) is 2. The Morgan fingerprint density at radius 2 is 0.750 bits per heavy atom. The van der Waals surface area contributed by atoms with E-state index in [4.69, 9.17) is 14.9 Å². The Morgan fingerprint density at radius 3 is 1.05 bits per heavy atom. The van der Waals surface area contributed by atoms with Crippen LogP contribution in [0.2, 0.25) is 0 Å². The van der Waals surface area contributed by atoms with E-state index >= 15 is 0 Å². The van der Waals surface area contributed by atoms with E-state index in [9.17, 15) is 23.6 Å². The lowest BCUT2D eigenvalue weighted by Gasteiger charge is -2.38. The first-order valence-corrected chi connectivity index (χ1v) is 28.8. The maximum absolute atomic E-state index is 13.7.